The first kappa shape index (κ1) is 38.2. The van der Waals surface area contributed by atoms with E-state index in [0.29, 0.717) is 6.42 Å². The van der Waals surface area contributed by atoms with Gasteiger partial charge < -0.3 is 9.29 Å². The number of esters is 1. The summed E-state index contributed by atoms with van der Waals surface area (Å²) in [5.74, 6) is -1.15. The van der Waals surface area contributed by atoms with Crippen LogP contribution in [0.2, 0.25) is 0 Å². The molecule has 0 saturated carbocycles. The molecule has 0 rings (SSSR count). The summed E-state index contributed by atoms with van der Waals surface area (Å²) in [6, 6.07) is 0. The first-order valence-electron chi connectivity index (χ1n) is 14.5. The third-order valence-electron chi connectivity index (χ3n) is 6.60. The number of ether oxygens (including phenoxy) is 1. The summed E-state index contributed by atoms with van der Waals surface area (Å²) in [7, 11) is -4.37. The molecule has 0 N–H and O–H groups in total. The molecular weight excluding hydrogens is 487 g/mol. The molecule has 0 saturated heterocycles. The normalized spacial score (nSPS) is 12.3. The van der Waals surface area contributed by atoms with Crippen LogP contribution >= 0.6 is 0 Å². The van der Waals surface area contributed by atoms with Gasteiger partial charge in [-0.2, -0.15) is 0 Å². The second-order valence-electron chi connectivity index (χ2n) is 10.2. The van der Waals surface area contributed by atoms with Crippen molar-refractivity contribution in [2.75, 3.05) is 5.75 Å². The SMILES string of the molecule is CCCCCCCCCCCCCCCCCCCCCCCCC(CS(=O)(=O)[O-])OC(C)=O.[K+]. The second-order valence-corrected chi connectivity index (χ2v) is 11.6. The molecule has 0 aromatic heterocycles. The first-order valence-corrected chi connectivity index (χ1v) is 16.0. The number of carbonyl (C=O) groups is 1. The Bertz CT molecular complexity index is 554. The summed E-state index contributed by atoms with van der Waals surface area (Å²) in [6.07, 6.45) is 28.7. The van der Waals surface area contributed by atoms with Crippen molar-refractivity contribution in [2.45, 2.75) is 168 Å². The summed E-state index contributed by atoms with van der Waals surface area (Å²) < 4.78 is 37.7. The zero-order valence-electron chi connectivity index (χ0n) is 23.5. The van der Waals surface area contributed by atoms with Crippen molar-refractivity contribution >= 4 is 16.1 Å². The quantitative estimate of drug-likeness (QED) is 0.0627. The van der Waals surface area contributed by atoms with Crippen molar-refractivity contribution < 1.29 is 73.9 Å². The van der Waals surface area contributed by atoms with Gasteiger partial charge >= 0.3 is 57.4 Å². The number of hydrogen-bond acceptors (Lipinski definition) is 5. The van der Waals surface area contributed by atoms with Crippen LogP contribution in [-0.2, 0) is 19.6 Å². The van der Waals surface area contributed by atoms with Gasteiger partial charge in [-0.15, -0.1) is 0 Å². The van der Waals surface area contributed by atoms with E-state index in [2.05, 4.69) is 6.92 Å². The molecule has 0 heterocycles. The largest absolute Gasteiger partial charge is 1.00 e. The standard InChI is InChI=1S/C28H56O5S.K/c1-3-4-5-6-7-8-9-10-11-12-13-14-15-16-17-18-19-20-21-22-23-24-25-28(33-27(2)29)26-34(30,31)32;/h28H,3-26H2,1-2H3,(H,30,31,32);/q;+1/p-1. The Morgan fingerprint density at radius 3 is 1.17 bits per heavy atom. The van der Waals surface area contributed by atoms with Gasteiger partial charge in [0, 0.05) is 6.92 Å². The molecule has 0 spiro atoms. The van der Waals surface area contributed by atoms with Crippen LogP contribution in [0.5, 0.6) is 0 Å². The van der Waals surface area contributed by atoms with Crippen molar-refractivity contribution in [3.05, 3.63) is 0 Å². The summed E-state index contributed by atoms with van der Waals surface area (Å²) in [5, 5.41) is 0. The molecule has 0 aliphatic heterocycles. The van der Waals surface area contributed by atoms with Crippen LogP contribution in [0.15, 0.2) is 0 Å². The van der Waals surface area contributed by atoms with E-state index in [1.54, 1.807) is 0 Å². The molecule has 0 radical (unpaired) electrons. The van der Waals surface area contributed by atoms with Crippen LogP contribution < -0.4 is 51.4 Å². The Kier molecular flexibility index (Phi) is 30.6. The van der Waals surface area contributed by atoms with Gasteiger partial charge in [0.25, 0.3) is 0 Å². The van der Waals surface area contributed by atoms with Crippen LogP contribution in [0.25, 0.3) is 0 Å². The third kappa shape index (κ3) is 33.0. The molecule has 35 heavy (non-hydrogen) atoms. The van der Waals surface area contributed by atoms with Crippen molar-refractivity contribution in [2.24, 2.45) is 0 Å². The zero-order valence-corrected chi connectivity index (χ0v) is 27.4. The van der Waals surface area contributed by atoms with Gasteiger partial charge in [0.1, 0.15) is 6.10 Å². The molecule has 204 valence electrons. The molecule has 0 amide bonds. The minimum absolute atomic E-state index is 0. The van der Waals surface area contributed by atoms with E-state index in [-0.39, 0.29) is 51.4 Å². The molecule has 0 aliphatic rings. The average molecular weight is 543 g/mol. The Morgan fingerprint density at radius 1 is 0.629 bits per heavy atom. The minimum Gasteiger partial charge on any atom is -0.748 e. The average Bonchev–Trinajstić information content (AvgIpc) is 2.75. The number of carbonyl (C=O) groups excluding carboxylic acids is 1. The van der Waals surface area contributed by atoms with Crippen molar-refractivity contribution in [1.82, 2.24) is 0 Å². The molecule has 0 aromatic carbocycles. The van der Waals surface area contributed by atoms with E-state index in [0.717, 1.165) is 19.3 Å². The van der Waals surface area contributed by atoms with E-state index in [1.165, 1.54) is 129 Å². The predicted octanol–water partition coefficient (Wildman–Crippen LogP) is 5.46. The second kappa shape index (κ2) is 28.0. The number of hydrogen-bond donors (Lipinski definition) is 0. The summed E-state index contributed by atoms with van der Waals surface area (Å²) in [5.41, 5.74) is 0. The molecule has 0 fully saturated rings. The molecule has 1 atom stereocenters. The summed E-state index contributed by atoms with van der Waals surface area (Å²) in [6.45, 7) is 3.52. The van der Waals surface area contributed by atoms with Gasteiger partial charge in [-0.05, 0) is 12.8 Å². The van der Waals surface area contributed by atoms with Gasteiger partial charge in [0.15, 0.2) is 0 Å². The monoisotopic (exact) mass is 542 g/mol. The fourth-order valence-corrected chi connectivity index (χ4v) is 5.31. The maximum absolute atomic E-state index is 11.0. The van der Waals surface area contributed by atoms with Gasteiger partial charge in [-0.25, -0.2) is 8.42 Å². The van der Waals surface area contributed by atoms with Crippen molar-refractivity contribution in [1.29, 1.82) is 0 Å². The van der Waals surface area contributed by atoms with Gasteiger partial charge in [0.05, 0.1) is 15.9 Å². The number of unbranched alkanes of at least 4 members (excludes halogenated alkanes) is 21. The fourth-order valence-electron chi connectivity index (χ4n) is 4.62. The predicted molar refractivity (Wildman–Crippen MR) is 142 cm³/mol. The molecule has 0 bridgehead atoms. The summed E-state index contributed by atoms with van der Waals surface area (Å²) in [4.78, 5) is 11.0. The molecular formula is C28H55KO5S. The number of rotatable bonds is 26. The smallest absolute Gasteiger partial charge is 0.748 e. The first-order chi connectivity index (χ1) is 16.3. The molecule has 1 unspecified atom stereocenters. The van der Waals surface area contributed by atoms with E-state index in [4.69, 9.17) is 4.74 Å². The van der Waals surface area contributed by atoms with Crippen LogP contribution in [-0.4, -0.2) is 30.8 Å². The Balaban J connectivity index is 0. The molecule has 7 heteroatoms. The van der Waals surface area contributed by atoms with E-state index < -0.39 is 27.9 Å². The Morgan fingerprint density at radius 2 is 0.914 bits per heavy atom. The third-order valence-corrected chi connectivity index (χ3v) is 7.38. The maximum atomic E-state index is 11.0. The fraction of sp³-hybridized carbons (Fsp3) is 0.964. The maximum Gasteiger partial charge on any atom is 1.00 e. The Labute approximate surface area is 260 Å². The van der Waals surface area contributed by atoms with Crippen LogP contribution in [0.4, 0.5) is 0 Å². The van der Waals surface area contributed by atoms with Crippen molar-refractivity contribution in [3.8, 4) is 0 Å². The van der Waals surface area contributed by atoms with Crippen molar-refractivity contribution in [3.63, 3.8) is 0 Å². The molecule has 0 aromatic rings. The summed E-state index contributed by atoms with van der Waals surface area (Å²) >= 11 is 0. The minimum atomic E-state index is -4.37. The van der Waals surface area contributed by atoms with Crippen LogP contribution in [0, 0.1) is 0 Å². The van der Waals surface area contributed by atoms with Gasteiger partial charge in [-0.3, -0.25) is 4.79 Å². The van der Waals surface area contributed by atoms with Gasteiger partial charge in [-0.1, -0.05) is 142 Å². The topological polar surface area (TPSA) is 83.5 Å². The molecule has 0 aliphatic carbocycles. The van der Waals surface area contributed by atoms with Crippen LogP contribution in [0.3, 0.4) is 0 Å². The van der Waals surface area contributed by atoms with E-state index >= 15 is 0 Å². The molecule has 5 nitrogen and oxygen atoms in total. The zero-order chi connectivity index (χ0) is 25.3. The Hall–Kier alpha value is 1.02. The van der Waals surface area contributed by atoms with Gasteiger partial charge in [0.2, 0.25) is 0 Å². The van der Waals surface area contributed by atoms with Crippen LogP contribution in [0.1, 0.15) is 162 Å². The van der Waals surface area contributed by atoms with E-state index in [9.17, 15) is 17.8 Å². The van der Waals surface area contributed by atoms with E-state index in [1.807, 2.05) is 0 Å².